The van der Waals surface area contributed by atoms with Gasteiger partial charge in [-0.3, -0.25) is 0 Å². The Morgan fingerprint density at radius 2 is 0.892 bits per heavy atom. The van der Waals surface area contributed by atoms with Crippen LogP contribution in [0.2, 0.25) is 0 Å². The molecule has 0 aromatic heterocycles. The van der Waals surface area contributed by atoms with E-state index in [1.165, 1.54) is 115 Å². The van der Waals surface area contributed by atoms with Gasteiger partial charge in [-0.2, -0.15) is 0 Å². The van der Waals surface area contributed by atoms with Crippen LogP contribution < -0.4 is 4.90 Å². The molecule has 0 aliphatic heterocycles. The molecule has 1 nitrogen and oxygen atoms in total. The largest absolute Gasteiger partial charge is 0.310 e. The van der Waals surface area contributed by atoms with Crippen LogP contribution in [0.15, 0.2) is 212 Å². The molecule has 312 valence electrons. The summed E-state index contributed by atoms with van der Waals surface area (Å²) in [4.78, 5) is 2.52. The summed E-state index contributed by atoms with van der Waals surface area (Å²) in [6, 6.07) is 79.8. The number of benzene rings is 9. The molecule has 9 aromatic carbocycles. The highest BCUT2D eigenvalue weighted by molar-refractivity contribution is 5.92. The van der Waals surface area contributed by atoms with Gasteiger partial charge in [0.15, 0.2) is 0 Å². The Bertz CT molecular complexity index is 3300. The first-order chi connectivity index (χ1) is 32.0. The fraction of sp³-hybridized carbons (Fsp3) is 0.156. The van der Waals surface area contributed by atoms with Gasteiger partial charge in [0.1, 0.15) is 0 Å². The third-order valence-corrected chi connectivity index (χ3v) is 16.0. The molecule has 0 amide bonds. The Labute approximate surface area is 383 Å². The van der Waals surface area contributed by atoms with Crippen molar-refractivity contribution in [3.63, 3.8) is 0 Å². The van der Waals surface area contributed by atoms with Crippen molar-refractivity contribution in [2.75, 3.05) is 4.90 Å². The van der Waals surface area contributed by atoms with E-state index in [0.29, 0.717) is 5.92 Å². The van der Waals surface area contributed by atoms with Crippen molar-refractivity contribution in [3.05, 3.63) is 235 Å². The lowest BCUT2D eigenvalue weighted by atomic mass is 9.67. The van der Waals surface area contributed by atoms with Crippen LogP contribution in [0.25, 0.3) is 66.8 Å². The molecule has 4 aliphatic carbocycles. The maximum Gasteiger partial charge on any atom is 0.0467 e. The van der Waals surface area contributed by atoms with Crippen molar-refractivity contribution >= 4 is 17.1 Å². The quantitative estimate of drug-likeness (QED) is 0.155. The predicted octanol–water partition coefficient (Wildman–Crippen LogP) is 17.2. The van der Waals surface area contributed by atoms with E-state index in [1.807, 2.05) is 0 Å². The highest BCUT2D eigenvalue weighted by Gasteiger charge is 2.56. The summed E-state index contributed by atoms with van der Waals surface area (Å²) < 4.78 is 0. The topological polar surface area (TPSA) is 3.24 Å². The summed E-state index contributed by atoms with van der Waals surface area (Å²) in [6.45, 7) is 4.79. The van der Waals surface area contributed by atoms with Crippen LogP contribution in [0.4, 0.5) is 17.1 Å². The minimum atomic E-state index is -0.113. The van der Waals surface area contributed by atoms with E-state index in [0.717, 1.165) is 17.3 Å². The lowest BCUT2D eigenvalue weighted by Crippen LogP contribution is -2.32. The summed E-state index contributed by atoms with van der Waals surface area (Å²) in [5, 5.41) is 0. The molecule has 0 N–H and O–H groups in total. The van der Waals surface area contributed by atoms with E-state index in [-0.39, 0.29) is 10.8 Å². The second kappa shape index (κ2) is 14.7. The smallest absolute Gasteiger partial charge is 0.0467 e. The van der Waals surface area contributed by atoms with Gasteiger partial charge in [-0.15, -0.1) is 0 Å². The first-order valence-electron chi connectivity index (χ1n) is 23.7. The molecule has 0 saturated heterocycles. The molecule has 2 fully saturated rings. The normalized spacial score (nSPS) is 19.2. The van der Waals surface area contributed by atoms with Gasteiger partial charge >= 0.3 is 0 Å². The van der Waals surface area contributed by atoms with Gasteiger partial charge in [0.05, 0.1) is 0 Å². The first-order valence-corrected chi connectivity index (χ1v) is 23.7. The van der Waals surface area contributed by atoms with E-state index < -0.39 is 0 Å². The summed E-state index contributed by atoms with van der Waals surface area (Å²) in [5.41, 5.74) is 24.9. The van der Waals surface area contributed by atoms with Crippen LogP contribution in [0.5, 0.6) is 0 Å². The monoisotopic (exact) mass is 833 g/mol. The minimum Gasteiger partial charge on any atom is -0.310 e. The predicted molar refractivity (Wildman–Crippen MR) is 272 cm³/mol. The Balaban J connectivity index is 0.939. The second-order valence-corrected chi connectivity index (χ2v) is 19.6. The molecule has 0 radical (unpaired) electrons. The number of nitrogens with zero attached hydrogens (tertiary/aromatic N) is 1. The molecule has 0 heterocycles. The third-order valence-electron chi connectivity index (χ3n) is 16.0. The fourth-order valence-corrected chi connectivity index (χ4v) is 13.1. The molecular weight excluding hydrogens is 783 g/mol. The van der Waals surface area contributed by atoms with E-state index in [1.54, 1.807) is 5.56 Å². The third kappa shape index (κ3) is 5.84. The zero-order valence-corrected chi connectivity index (χ0v) is 37.1. The first kappa shape index (κ1) is 38.3. The Morgan fingerprint density at radius 1 is 0.369 bits per heavy atom. The van der Waals surface area contributed by atoms with Gasteiger partial charge in [-0.25, -0.2) is 0 Å². The molecule has 3 atom stereocenters. The number of hydrogen-bond donors (Lipinski definition) is 0. The van der Waals surface area contributed by atoms with Gasteiger partial charge in [0.25, 0.3) is 0 Å². The van der Waals surface area contributed by atoms with Crippen molar-refractivity contribution in [3.8, 4) is 66.8 Å². The van der Waals surface area contributed by atoms with Gasteiger partial charge in [-0.1, -0.05) is 196 Å². The van der Waals surface area contributed by atoms with Crippen LogP contribution in [-0.4, -0.2) is 0 Å². The average Bonchev–Trinajstić information content (AvgIpc) is 4.12. The van der Waals surface area contributed by atoms with Crippen molar-refractivity contribution < 1.29 is 0 Å². The molecule has 2 bridgehead atoms. The zero-order valence-electron chi connectivity index (χ0n) is 37.1. The van der Waals surface area contributed by atoms with E-state index in [4.69, 9.17) is 0 Å². The molecule has 1 spiro atoms. The number of rotatable bonds is 7. The molecule has 1 heteroatoms. The van der Waals surface area contributed by atoms with Crippen molar-refractivity contribution in [1.29, 1.82) is 0 Å². The average molecular weight is 834 g/mol. The van der Waals surface area contributed by atoms with E-state index in [2.05, 4.69) is 231 Å². The summed E-state index contributed by atoms with van der Waals surface area (Å²) in [7, 11) is 0. The molecule has 9 aromatic rings. The van der Waals surface area contributed by atoms with Crippen LogP contribution in [0.1, 0.15) is 61.8 Å². The van der Waals surface area contributed by atoms with E-state index >= 15 is 0 Å². The van der Waals surface area contributed by atoms with Crippen molar-refractivity contribution in [2.45, 2.75) is 50.4 Å². The molecule has 65 heavy (non-hydrogen) atoms. The van der Waals surface area contributed by atoms with Crippen LogP contribution in [-0.2, 0) is 10.8 Å². The van der Waals surface area contributed by atoms with Gasteiger partial charge in [0.2, 0.25) is 0 Å². The zero-order chi connectivity index (χ0) is 43.3. The molecule has 13 rings (SSSR count). The van der Waals surface area contributed by atoms with Gasteiger partial charge < -0.3 is 4.90 Å². The number of fused-ring (bicyclic) bond motifs is 11. The maximum absolute atomic E-state index is 2.59. The second-order valence-electron chi connectivity index (χ2n) is 19.6. The highest BCUT2D eigenvalue weighted by atomic mass is 15.1. The number of anilines is 3. The van der Waals surface area contributed by atoms with Crippen LogP contribution in [0, 0.1) is 11.8 Å². The summed E-state index contributed by atoms with van der Waals surface area (Å²) in [5.74, 6) is 1.51. The van der Waals surface area contributed by atoms with Gasteiger partial charge in [-0.05, 0) is 157 Å². The fourth-order valence-electron chi connectivity index (χ4n) is 13.1. The number of hydrogen-bond acceptors (Lipinski definition) is 1. The molecule has 4 aliphatic rings. The van der Waals surface area contributed by atoms with Gasteiger partial charge in [0, 0.05) is 27.9 Å². The Morgan fingerprint density at radius 3 is 1.60 bits per heavy atom. The summed E-state index contributed by atoms with van der Waals surface area (Å²) in [6.07, 6.45) is 5.32. The Kier molecular flexibility index (Phi) is 8.63. The SMILES string of the molecule is CC1(C)c2ccccc2-c2cccc(-c3cccc(N(c4ccc(-c5ccccc5-c5ccc(-c6ccccc6)cc5)cc4)c4ccc5c(c4)C4(CC6CCC4C6)c4ccccc4-5)c3)c21. The van der Waals surface area contributed by atoms with Crippen molar-refractivity contribution in [1.82, 2.24) is 0 Å². The minimum absolute atomic E-state index is 0.0937. The molecule has 3 unspecified atom stereocenters. The lowest BCUT2D eigenvalue weighted by Gasteiger charge is -2.37. The maximum atomic E-state index is 2.59. The van der Waals surface area contributed by atoms with Crippen LogP contribution in [0.3, 0.4) is 0 Å². The highest BCUT2D eigenvalue weighted by Crippen LogP contribution is 2.66. The standard InChI is InChI=1S/C64H51N/c1-63(2)59-24-10-8-21-56(59)58-23-13-22-54(62(58)63)47-16-12-17-50(39-47)65(51-36-37-57-55-20-9-11-25-60(55)64(61(57)40-51)41-42-26-33-48(64)38-42)49-34-31-46(32-35-49)53-19-7-6-18-52(53)45-29-27-44(28-30-45)43-14-4-3-5-15-43/h3-25,27-32,34-37,39-40,42,48H,26,33,38,41H2,1-2H3. The van der Waals surface area contributed by atoms with E-state index in [9.17, 15) is 0 Å². The molecular formula is C64H51N. The lowest BCUT2D eigenvalue weighted by molar-refractivity contribution is 0.327. The van der Waals surface area contributed by atoms with Crippen LogP contribution >= 0.6 is 0 Å². The van der Waals surface area contributed by atoms with Crippen molar-refractivity contribution in [2.24, 2.45) is 11.8 Å². The molecule has 2 saturated carbocycles. The summed E-state index contributed by atoms with van der Waals surface area (Å²) >= 11 is 0. The Hall–Kier alpha value is -7.22.